The molecule has 1 aliphatic carbocycles. The summed E-state index contributed by atoms with van der Waals surface area (Å²) in [7, 11) is 0. The minimum atomic E-state index is -1.37. The van der Waals surface area contributed by atoms with Crippen molar-refractivity contribution in [1.82, 2.24) is 0 Å². The molecule has 0 saturated carbocycles. The molecule has 2 aliphatic rings. The average molecular weight is 1010 g/mol. The first-order chi connectivity index (χ1) is 15.4. The molecule has 1 aliphatic heterocycles. The number of aromatic hydroxyl groups is 1. The Bertz CT molecular complexity index is 1570. The van der Waals surface area contributed by atoms with E-state index in [0.29, 0.717) is 27.2 Å². The summed E-state index contributed by atoms with van der Waals surface area (Å²) in [5.41, 5.74) is 0.423. The number of rotatable bonds is 2. The minimum Gasteiger partial charge on any atom is -0.506 e. The van der Waals surface area contributed by atoms with E-state index in [9.17, 15) is 19.8 Å². The second-order valence-corrected chi connectivity index (χ2v) is 12.6. The van der Waals surface area contributed by atoms with Gasteiger partial charge in [0.15, 0.2) is 11.3 Å². The number of fused-ring (bicyclic) bond motifs is 2. The van der Waals surface area contributed by atoms with Gasteiger partial charge in [-0.15, -0.1) is 0 Å². The summed E-state index contributed by atoms with van der Waals surface area (Å²) >= 11 is 33.1. The van der Waals surface area contributed by atoms with Gasteiger partial charge in [0.2, 0.25) is 5.43 Å². The van der Waals surface area contributed by atoms with Crippen LogP contribution in [0.3, 0.4) is 0 Å². The van der Waals surface area contributed by atoms with Gasteiger partial charge in [-0.2, -0.15) is 0 Å². The Balaban J connectivity index is 0.00000324. The van der Waals surface area contributed by atoms with E-state index in [2.05, 4.69) is 0 Å². The first-order valence-electron chi connectivity index (χ1n) is 8.43. The van der Waals surface area contributed by atoms with Crippen LogP contribution in [0.15, 0.2) is 21.3 Å². The summed E-state index contributed by atoms with van der Waals surface area (Å²) in [6.07, 6.45) is 0. The van der Waals surface area contributed by atoms with Crippen LogP contribution in [0.5, 0.6) is 5.75 Å². The maximum atomic E-state index is 12.7. The molecule has 2 N–H and O–H groups in total. The Morgan fingerprint density at radius 3 is 2.03 bits per heavy atom. The second kappa shape index (κ2) is 11.7. The van der Waals surface area contributed by atoms with Crippen molar-refractivity contribution in [2.45, 2.75) is 0 Å². The summed E-state index contributed by atoms with van der Waals surface area (Å²) in [5, 5.41) is 20.3. The minimum absolute atomic E-state index is 0. The van der Waals surface area contributed by atoms with Gasteiger partial charge in [-0.25, -0.2) is 4.79 Å². The van der Waals surface area contributed by atoms with Crippen LogP contribution in [0.2, 0.25) is 20.1 Å². The van der Waals surface area contributed by atoms with Gasteiger partial charge in [0.05, 0.1) is 36.4 Å². The Labute approximate surface area is 308 Å². The molecule has 0 spiro atoms. The summed E-state index contributed by atoms with van der Waals surface area (Å²) in [6, 6.07) is 3.22. The molecule has 171 valence electrons. The topological polar surface area (TPSA) is 87.7 Å². The van der Waals surface area contributed by atoms with Crippen LogP contribution in [0.4, 0.5) is 0 Å². The van der Waals surface area contributed by atoms with Crippen LogP contribution < -0.4 is 5.43 Å². The number of phenols is 1. The van der Waals surface area contributed by atoms with Crippen LogP contribution in [-0.4, -0.2) is 67.6 Å². The number of halogens is 8. The van der Waals surface area contributed by atoms with Crippen LogP contribution in [0.25, 0.3) is 33.4 Å². The Morgan fingerprint density at radius 1 is 0.853 bits per heavy atom. The zero-order valence-corrected chi connectivity index (χ0v) is 31.1. The van der Waals surface area contributed by atoms with Crippen LogP contribution in [0, 0.1) is 14.3 Å². The van der Waals surface area contributed by atoms with Gasteiger partial charge in [-0.1, -0.05) is 46.4 Å². The van der Waals surface area contributed by atoms with E-state index in [0.717, 1.165) is 0 Å². The molecule has 34 heavy (non-hydrogen) atoms. The summed E-state index contributed by atoms with van der Waals surface area (Å²) in [4.78, 5) is 25.0. The van der Waals surface area contributed by atoms with Crippen molar-refractivity contribution in [2.75, 3.05) is 0 Å². The van der Waals surface area contributed by atoms with E-state index in [1.165, 1.54) is 0 Å². The van der Waals surface area contributed by atoms with Gasteiger partial charge in [0, 0.05) is 73.5 Å². The Morgan fingerprint density at radius 2 is 1.44 bits per heavy atom. The normalized spacial score (nSPS) is 11.2. The molecule has 0 saturated heterocycles. The first-order valence-corrected chi connectivity index (χ1v) is 14.3. The van der Waals surface area contributed by atoms with E-state index >= 15 is 0 Å². The maximum Gasteiger partial charge on any atom is 0.337 e. The predicted octanol–water partition coefficient (Wildman–Crippen LogP) is 8.62. The SMILES string of the molecule is O=C(O)c1c(Cl)c(Cl)c(Cl)c(Cl)c1-c1c2cc(I)c(=O)c(I)c-2oc2c(I)c(O)c(I)cc12.[K]. The smallest absolute Gasteiger partial charge is 0.337 e. The molecule has 0 amide bonds. The largest absolute Gasteiger partial charge is 0.506 e. The molecule has 0 atom stereocenters. The van der Waals surface area contributed by atoms with Crippen molar-refractivity contribution in [3.63, 3.8) is 0 Å². The summed E-state index contributed by atoms with van der Waals surface area (Å²) < 4.78 is 7.64. The number of carbonyl (C=O) groups is 1. The molecule has 2 aromatic carbocycles. The Hall–Kier alpha value is 2.12. The molecule has 1 heterocycles. The molecular formula is C20H4Cl4I4KO5. The molecule has 2 aromatic rings. The summed E-state index contributed by atoms with van der Waals surface area (Å²) in [5.74, 6) is -1.18. The molecule has 0 aromatic heterocycles. The van der Waals surface area contributed by atoms with Gasteiger partial charge in [0.1, 0.15) is 9.32 Å². The van der Waals surface area contributed by atoms with E-state index in [1.54, 1.807) is 12.1 Å². The fraction of sp³-hybridized carbons (Fsp3) is 0. The monoisotopic (exact) mass is 1010 g/mol. The molecule has 5 nitrogen and oxygen atoms in total. The fourth-order valence-corrected chi connectivity index (χ4v) is 7.93. The third-order valence-electron chi connectivity index (χ3n) is 4.75. The van der Waals surface area contributed by atoms with Gasteiger partial charge in [-0.05, 0) is 102 Å². The number of hydrogen-bond acceptors (Lipinski definition) is 4. The van der Waals surface area contributed by atoms with Gasteiger partial charge in [-0.3, -0.25) is 4.79 Å². The molecule has 0 unspecified atom stereocenters. The third kappa shape index (κ3) is 5.05. The van der Waals surface area contributed by atoms with Crippen LogP contribution in [0.1, 0.15) is 10.4 Å². The zero-order valence-electron chi connectivity index (χ0n) is 16.3. The van der Waals surface area contributed by atoms with Crippen LogP contribution >= 0.6 is 137 Å². The van der Waals surface area contributed by atoms with Crippen molar-refractivity contribution in [3.05, 3.63) is 62.3 Å². The van der Waals surface area contributed by atoms with Gasteiger partial charge in [0.25, 0.3) is 0 Å². The number of carboxylic acid groups (broad SMARTS) is 1. The number of phenolic OH excluding ortho intramolecular Hbond substituents is 1. The van der Waals surface area contributed by atoms with Gasteiger partial charge >= 0.3 is 5.97 Å². The molecular weight excluding hydrogens is 1010 g/mol. The van der Waals surface area contributed by atoms with Crippen molar-refractivity contribution in [1.29, 1.82) is 0 Å². The van der Waals surface area contributed by atoms with Gasteiger partial charge < -0.3 is 14.6 Å². The predicted molar refractivity (Wildman–Crippen MR) is 170 cm³/mol. The van der Waals surface area contributed by atoms with E-state index in [-0.39, 0.29) is 109 Å². The molecule has 0 fully saturated rings. The third-order valence-corrected chi connectivity index (χ3v) is 10.2. The first kappa shape index (κ1) is 30.7. The Kier molecular flexibility index (Phi) is 10.5. The quantitative estimate of drug-likeness (QED) is 0.0691. The number of carboxylic acids is 1. The van der Waals surface area contributed by atoms with E-state index in [4.69, 9.17) is 50.8 Å². The zero-order chi connectivity index (χ0) is 24.5. The number of hydrogen-bond donors (Lipinski definition) is 2. The molecule has 4 rings (SSSR count). The molecule has 0 bridgehead atoms. The van der Waals surface area contributed by atoms with E-state index in [1.807, 2.05) is 90.4 Å². The van der Waals surface area contributed by atoms with Crippen LogP contribution in [-0.2, 0) is 0 Å². The maximum absolute atomic E-state index is 12.7. The number of benzene rings is 3. The molecule has 1 radical (unpaired) electrons. The fourth-order valence-electron chi connectivity index (χ4n) is 3.33. The average Bonchev–Trinajstić information content (AvgIpc) is 2.76. The second-order valence-electron chi connectivity index (χ2n) is 6.56. The van der Waals surface area contributed by atoms with Crippen molar-refractivity contribution in [3.8, 4) is 28.2 Å². The summed E-state index contributed by atoms with van der Waals surface area (Å²) in [6.45, 7) is 0. The number of aromatic carboxylic acids is 1. The van der Waals surface area contributed by atoms with Crippen molar-refractivity contribution in [2.24, 2.45) is 0 Å². The van der Waals surface area contributed by atoms with Crippen molar-refractivity contribution >= 4 is 205 Å². The van der Waals surface area contributed by atoms with E-state index < -0.39 is 5.97 Å². The van der Waals surface area contributed by atoms with Crippen molar-refractivity contribution < 1.29 is 19.4 Å². The standard InChI is InChI=1S/C20H4Cl4I4O5.K/c21-10-8(9(20(31)32)11(22)13(24)12(10)23)7-3-1-5(25)16(29)14(27)18(3)33-19-4(7)2-6(26)17(30)15(19)28;/h1-2,29H,(H,31,32);. The molecule has 14 heteroatoms.